The van der Waals surface area contributed by atoms with E-state index in [1.807, 2.05) is 0 Å². The molecule has 0 N–H and O–H groups in total. The van der Waals surface area contributed by atoms with Crippen molar-refractivity contribution in [2.45, 2.75) is 6.18 Å². The summed E-state index contributed by atoms with van der Waals surface area (Å²) in [5.74, 6) is -0.765. The van der Waals surface area contributed by atoms with Crippen molar-refractivity contribution in [2.75, 3.05) is 13.6 Å². The summed E-state index contributed by atoms with van der Waals surface area (Å²) in [4.78, 5) is 15.9. The molecule has 0 aromatic carbocycles. The van der Waals surface area contributed by atoms with E-state index in [0.29, 0.717) is 9.50 Å². The highest BCUT2D eigenvalue weighted by molar-refractivity contribution is 9.10. The minimum absolute atomic E-state index is 0.0267. The lowest BCUT2D eigenvalue weighted by Gasteiger charge is -2.18. The lowest BCUT2D eigenvalue weighted by Crippen LogP contribution is -2.36. The molecule has 0 radical (unpaired) electrons. The molecule has 0 atom stereocenters. The van der Waals surface area contributed by atoms with Crippen molar-refractivity contribution in [3.63, 3.8) is 0 Å². The van der Waals surface area contributed by atoms with Crippen molar-refractivity contribution in [2.24, 2.45) is 0 Å². The largest absolute Gasteiger partial charge is 0.406 e. The second-order valence-electron chi connectivity index (χ2n) is 3.12. The minimum atomic E-state index is -4.41. The summed E-state index contributed by atoms with van der Waals surface area (Å²) in [6.45, 7) is -1.29. The number of aromatic nitrogens is 1. The van der Waals surface area contributed by atoms with Crippen LogP contribution in [0.4, 0.5) is 13.2 Å². The number of rotatable bonds is 2. The number of hydrogen-bond donors (Lipinski definition) is 0. The van der Waals surface area contributed by atoms with Gasteiger partial charge in [0.25, 0.3) is 5.91 Å². The molecule has 0 saturated carbocycles. The number of halogens is 4. The molecule has 0 spiro atoms. The Labute approximate surface area is 98.4 Å². The molecule has 88 valence electrons. The Bertz CT molecular complexity index is 395. The SMILES string of the molecule is CN(CC(F)(F)F)C(=O)c1cccc(Br)n1. The Morgan fingerprint density at radius 3 is 2.62 bits per heavy atom. The highest BCUT2D eigenvalue weighted by Gasteiger charge is 2.31. The zero-order valence-corrected chi connectivity index (χ0v) is 9.84. The number of nitrogens with zero attached hydrogens (tertiary/aromatic N) is 2. The van der Waals surface area contributed by atoms with Crippen LogP contribution in [-0.2, 0) is 0 Å². The van der Waals surface area contributed by atoms with Gasteiger partial charge in [0.15, 0.2) is 0 Å². The fourth-order valence-corrected chi connectivity index (χ4v) is 1.41. The van der Waals surface area contributed by atoms with Gasteiger partial charge < -0.3 is 4.90 Å². The van der Waals surface area contributed by atoms with E-state index in [2.05, 4.69) is 20.9 Å². The van der Waals surface area contributed by atoms with Crippen LogP contribution in [0.15, 0.2) is 22.8 Å². The van der Waals surface area contributed by atoms with Gasteiger partial charge in [-0.3, -0.25) is 4.79 Å². The Balaban J connectivity index is 2.78. The van der Waals surface area contributed by atoms with Crippen molar-refractivity contribution >= 4 is 21.8 Å². The molecule has 0 aliphatic heterocycles. The van der Waals surface area contributed by atoms with Crippen molar-refractivity contribution in [3.8, 4) is 0 Å². The lowest BCUT2D eigenvalue weighted by molar-refractivity contribution is -0.138. The zero-order valence-electron chi connectivity index (χ0n) is 8.25. The quantitative estimate of drug-likeness (QED) is 0.786. The zero-order chi connectivity index (χ0) is 12.3. The molecule has 16 heavy (non-hydrogen) atoms. The Morgan fingerprint density at radius 2 is 2.12 bits per heavy atom. The Morgan fingerprint density at radius 1 is 1.50 bits per heavy atom. The van der Waals surface area contributed by atoms with Crippen LogP contribution in [0.1, 0.15) is 10.5 Å². The molecule has 1 aromatic rings. The monoisotopic (exact) mass is 296 g/mol. The maximum absolute atomic E-state index is 12.0. The fourth-order valence-electron chi connectivity index (χ4n) is 1.06. The summed E-state index contributed by atoms with van der Waals surface area (Å²) >= 11 is 3.04. The Hall–Kier alpha value is -1.11. The summed E-state index contributed by atoms with van der Waals surface area (Å²) < 4.78 is 36.5. The minimum Gasteiger partial charge on any atom is -0.331 e. The predicted octanol–water partition coefficient (Wildman–Crippen LogP) is 2.48. The first-order chi connectivity index (χ1) is 7.29. The van der Waals surface area contributed by atoms with Gasteiger partial charge in [-0.25, -0.2) is 4.98 Å². The van der Waals surface area contributed by atoms with Gasteiger partial charge in [0, 0.05) is 7.05 Å². The number of hydrogen-bond acceptors (Lipinski definition) is 2. The average Bonchev–Trinajstić information content (AvgIpc) is 2.14. The van der Waals surface area contributed by atoms with E-state index in [1.54, 1.807) is 6.07 Å². The van der Waals surface area contributed by atoms with Crippen molar-refractivity contribution in [1.29, 1.82) is 0 Å². The van der Waals surface area contributed by atoms with Gasteiger partial charge in [0.1, 0.15) is 16.8 Å². The van der Waals surface area contributed by atoms with Crippen LogP contribution in [0, 0.1) is 0 Å². The number of carbonyl (C=O) groups excluding carboxylic acids is 1. The topological polar surface area (TPSA) is 33.2 Å². The summed E-state index contributed by atoms with van der Waals surface area (Å²) in [6, 6.07) is 4.48. The molecule has 0 aliphatic carbocycles. The summed E-state index contributed by atoms with van der Waals surface area (Å²) in [5, 5.41) is 0. The third kappa shape index (κ3) is 3.80. The normalized spacial score (nSPS) is 11.3. The molecule has 1 amide bonds. The van der Waals surface area contributed by atoms with Crippen molar-refractivity contribution in [3.05, 3.63) is 28.5 Å². The maximum Gasteiger partial charge on any atom is 0.406 e. The first kappa shape index (κ1) is 13.0. The summed E-state index contributed by atoms with van der Waals surface area (Å²) in [7, 11) is 1.08. The van der Waals surface area contributed by atoms with Gasteiger partial charge in [-0.1, -0.05) is 6.07 Å². The van der Waals surface area contributed by atoms with Crippen LogP contribution >= 0.6 is 15.9 Å². The van der Waals surface area contributed by atoms with Crippen LogP contribution in [0.2, 0.25) is 0 Å². The van der Waals surface area contributed by atoms with E-state index >= 15 is 0 Å². The molecule has 0 unspecified atom stereocenters. The molecule has 1 rings (SSSR count). The maximum atomic E-state index is 12.0. The van der Waals surface area contributed by atoms with Crippen molar-refractivity contribution < 1.29 is 18.0 Å². The highest BCUT2D eigenvalue weighted by atomic mass is 79.9. The summed E-state index contributed by atoms with van der Waals surface area (Å²) in [6.07, 6.45) is -4.41. The molecule has 0 bridgehead atoms. The van der Waals surface area contributed by atoms with Crippen LogP contribution in [-0.4, -0.2) is 35.6 Å². The van der Waals surface area contributed by atoms with Gasteiger partial charge in [-0.05, 0) is 28.1 Å². The van der Waals surface area contributed by atoms with E-state index in [-0.39, 0.29) is 5.69 Å². The highest BCUT2D eigenvalue weighted by Crippen LogP contribution is 2.17. The van der Waals surface area contributed by atoms with Crippen LogP contribution in [0.5, 0.6) is 0 Å². The molecule has 1 aromatic heterocycles. The van der Waals surface area contributed by atoms with Crippen LogP contribution in [0.3, 0.4) is 0 Å². The number of pyridine rings is 1. The van der Waals surface area contributed by atoms with Gasteiger partial charge in [-0.2, -0.15) is 13.2 Å². The summed E-state index contributed by atoms with van der Waals surface area (Å²) in [5.41, 5.74) is -0.0267. The molecular formula is C9H8BrF3N2O. The molecule has 1 heterocycles. The molecule has 7 heteroatoms. The van der Waals surface area contributed by atoms with Crippen molar-refractivity contribution in [1.82, 2.24) is 9.88 Å². The fraction of sp³-hybridized carbons (Fsp3) is 0.333. The molecular weight excluding hydrogens is 289 g/mol. The molecule has 0 fully saturated rings. The first-order valence-electron chi connectivity index (χ1n) is 4.24. The van der Waals surface area contributed by atoms with Crippen LogP contribution < -0.4 is 0 Å². The van der Waals surface area contributed by atoms with Gasteiger partial charge in [0.05, 0.1) is 0 Å². The second-order valence-corrected chi connectivity index (χ2v) is 3.93. The van der Waals surface area contributed by atoms with Gasteiger partial charge >= 0.3 is 6.18 Å². The third-order valence-electron chi connectivity index (χ3n) is 1.70. The predicted molar refractivity (Wildman–Crippen MR) is 55.0 cm³/mol. The number of carbonyl (C=O) groups is 1. The van der Waals surface area contributed by atoms with E-state index < -0.39 is 18.6 Å². The van der Waals surface area contributed by atoms with Gasteiger partial charge in [0.2, 0.25) is 0 Å². The molecule has 0 saturated heterocycles. The number of amides is 1. The van der Waals surface area contributed by atoms with E-state index in [1.165, 1.54) is 12.1 Å². The van der Waals surface area contributed by atoms with E-state index in [4.69, 9.17) is 0 Å². The second kappa shape index (κ2) is 4.82. The van der Waals surface area contributed by atoms with E-state index in [0.717, 1.165) is 7.05 Å². The molecule has 3 nitrogen and oxygen atoms in total. The first-order valence-corrected chi connectivity index (χ1v) is 5.03. The van der Waals surface area contributed by atoms with Gasteiger partial charge in [-0.15, -0.1) is 0 Å². The smallest absolute Gasteiger partial charge is 0.331 e. The average molecular weight is 297 g/mol. The number of alkyl halides is 3. The van der Waals surface area contributed by atoms with Crippen LogP contribution in [0.25, 0.3) is 0 Å². The van der Waals surface area contributed by atoms with E-state index in [9.17, 15) is 18.0 Å². The Kier molecular flexibility index (Phi) is 3.90. The standard InChI is InChI=1S/C9H8BrF3N2O/c1-15(5-9(11,12)13)8(16)6-3-2-4-7(10)14-6/h2-4H,5H2,1H3. The third-order valence-corrected chi connectivity index (χ3v) is 2.14. The molecule has 0 aliphatic rings. The lowest BCUT2D eigenvalue weighted by atomic mass is 10.3.